The molecule has 1 aromatic carbocycles. The average Bonchev–Trinajstić information content (AvgIpc) is 2.70. The summed E-state index contributed by atoms with van der Waals surface area (Å²) in [6.07, 6.45) is 5.84. The quantitative estimate of drug-likeness (QED) is 0.830. The van der Waals surface area contributed by atoms with E-state index in [4.69, 9.17) is 14.7 Å². The Hall–Kier alpha value is -1.94. The maximum atomic E-state index is 5.50. The Morgan fingerprint density at radius 1 is 1.00 bits per heavy atom. The van der Waals surface area contributed by atoms with Gasteiger partial charge in [-0.2, -0.15) is 0 Å². The third kappa shape index (κ3) is 4.24. The fourth-order valence-corrected chi connectivity index (χ4v) is 4.25. The number of rotatable bonds is 4. The van der Waals surface area contributed by atoms with Gasteiger partial charge in [0.1, 0.15) is 11.6 Å². The van der Waals surface area contributed by atoms with Crippen LogP contribution in [-0.2, 0) is 11.2 Å². The molecule has 0 bridgehead atoms. The molecule has 138 valence electrons. The van der Waals surface area contributed by atoms with Crippen molar-refractivity contribution in [2.45, 2.75) is 44.9 Å². The second-order valence-corrected chi connectivity index (χ2v) is 7.71. The lowest BCUT2D eigenvalue weighted by Crippen LogP contribution is -2.35. The first-order valence-electron chi connectivity index (χ1n) is 10.00. The molecule has 0 N–H and O–H groups in total. The minimum atomic E-state index is 0.528. The molecular weight excluding hydrogens is 322 g/mol. The summed E-state index contributed by atoms with van der Waals surface area (Å²) >= 11 is 0. The van der Waals surface area contributed by atoms with Crippen LogP contribution in [0.4, 0.5) is 5.82 Å². The standard InChI is InChI=1S/C22H29N3O/c1-17-23-21(20-9-13-26-14-10-20)16-22(24-17)25-11-7-19(8-12-25)15-18-5-3-2-4-6-18/h2-6,16,19-20H,7-15H2,1H3. The number of aromatic nitrogens is 2. The number of ether oxygens (including phenoxy) is 1. The highest BCUT2D eigenvalue weighted by Gasteiger charge is 2.23. The van der Waals surface area contributed by atoms with Crippen molar-refractivity contribution in [2.24, 2.45) is 5.92 Å². The van der Waals surface area contributed by atoms with Crippen molar-refractivity contribution in [1.82, 2.24) is 9.97 Å². The molecule has 4 rings (SSSR count). The molecule has 4 heteroatoms. The van der Waals surface area contributed by atoms with Crippen molar-refractivity contribution in [3.63, 3.8) is 0 Å². The Labute approximate surface area is 156 Å². The first-order chi connectivity index (χ1) is 12.8. The lowest BCUT2D eigenvalue weighted by molar-refractivity contribution is 0.0844. The molecule has 2 aliphatic rings. The number of benzene rings is 1. The van der Waals surface area contributed by atoms with Crippen LogP contribution in [-0.4, -0.2) is 36.3 Å². The predicted molar refractivity (Wildman–Crippen MR) is 105 cm³/mol. The summed E-state index contributed by atoms with van der Waals surface area (Å²) in [4.78, 5) is 11.9. The molecule has 4 nitrogen and oxygen atoms in total. The molecule has 0 spiro atoms. The summed E-state index contributed by atoms with van der Waals surface area (Å²) in [5.74, 6) is 3.33. The van der Waals surface area contributed by atoms with Crippen LogP contribution < -0.4 is 4.90 Å². The lowest BCUT2D eigenvalue weighted by atomic mass is 9.90. The minimum Gasteiger partial charge on any atom is -0.381 e. The van der Waals surface area contributed by atoms with Gasteiger partial charge in [0.05, 0.1) is 0 Å². The van der Waals surface area contributed by atoms with E-state index < -0.39 is 0 Å². The number of anilines is 1. The Morgan fingerprint density at radius 2 is 1.73 bits per heavy atom. The maximum absolute atomic E-state index is 5.50. The van der Waals surface area contributed by atoms with Gasteiger partial charge in [-0.25, -0.2) is 9.97 Å². The lowest BCUT2D eigenvalue weighted by Gasteiger charge is -2.33. The zero-order valence-corrected chi connectivity index (χ0v) is 15.7. The van der Waals surface area contributed by atoms with Crippen LogP contribution in [0, 0.1) is 12.8 Å². The average molecular weight is 351 g/mol. The van der Waals surface area contributed by atoms with Gasteiger partial charge in [0, 0.05) is 44.0 Å². The van der Waals surface area contributed by atoms with E-state index in [1.807, 2.05) is 6.92 Å². The van der Waals surface area contributed by atoms with Crippen molar-refractivity contribution in [1.29, 1.82) is 0 Å². The van der Waals surface area contributed by atoms with Gasteiger partial charge in [0.2, 0.25) is 0 Å². The molecule has 2 fully saturated rings. The molecule has 0 aliphatic carbocycles. The Morgan fingerprint density at radius 3 is 2.46 bits per heavy atom. The van der Waals surface area contributed by atoms with E-state index in [-0.39, 0.29) is 0 Å². The second kappa shape index (κ2) is 8.17. The van der Waals surface area contributed by atoms with Crippen LogP contribution in [0.15, 0.2) is 36.4 Å². The zero-order chi connectivity index (χ0) is 17.8. The highest BCUT2D eigenvalue weighted by molar-refractivity contribution is 5.41. The molecule has 0 atom stereocenters. The summed E-state index contributed by atoms with van der Waals surface area (Å²) in [7, 11) is 0. The fourth-order valence-electron chi connectivity index (χ4n) is 4.25. The Balaban J connectivity index is 1.40. The van der Waals surface area contributed by atoms with Crippen LogP contribution in [0.25, 0.3) is 0 Å². The molecule has 0 amide bonds. The third-order valence-corrected chi connectivity index (χ3v) is 5.79. The molecule has 26 heavy (non-hydrogen) atoms. The summed E-state index contributed by atoms with van der Waals surface area (Å²) < 4.78 is 5.50. The Kier molecular flexibility index (Phi) is 5.49. The third-order valence-electron chi connectivity index (χ3n) is 5.79. The monoisotopic (exact) mass is 351 g/mol. The normalized spacial score (nSPS) is 19.7. The number of hydrogen-bond acceptors (Lipinski definition) is 4. The fraction of sp³-hybridized carbons (Fsp3) is 0.545. The smallest absolute Gasteiger partial charge is 0.132 e. The van der Waals surface area contributed by atoms with E-state index in [9.17, 15) is 0 Å². The Bertz CT molecular complexity index is 705. The number of hydrogen-bond donors (Lipinski definition) is 0. The molecule has 0 saturated carbocycles. The molecule has 0 unspecified atom stereocenters. The molecular formula is C22H29N3O. The zero-order valence-electron chi connectivity index (χ0n) is 15.7. The topological polar surface area (TPSA) is 38.2 Å². The van der Waals surface area contributed by atoms with Crippen molar-refractivity contribution in [2.75, 3.05) is 31.2 Å². The first-order valence-corrected chi connectivity index (χ1v) is 10.00. The van der Waals surface area contributed by atoms with E-state index in [1.165, 1.54) is 30.5 Å². The number of aryl methyl sites for hydroxylation is 1. The van der Waals surface area contributed by atoms with E-state index in [2.05, 4.69) is 41.3 Å². The van der Waals surface area contributed by atoms with E-state index >= 15 is 0 Å². The van der Waals surface area contributed by atoms with Gasteiger partial charge in [-0.15, -0.1) is 0 Å². The minimum absolute atomic E-state index is 0.528. The maximum Gasteiger partial charge on any atom is 0.132 e. The summed E-state index contributed by atoms with van der Waals surface area (Å²) in [6.45, 7) is 5.93. The molecule has 0 radical (unpaired) electrons. The SMILES string of the molecule is Cc1nc(C2CCOCC2)cc(N2CCC(Cc3ccccc3)CC2)n1. The summed E-state index contributed by atoms with van der Waals surface area (Å²) in [5, 5.41) is 0. The largest absolute Gasteiger partial charge is 0.381 e. The van der Waals surface area contributed by atoms with E-state index in [0.717, 1.165) is 56.7 Å². The van der Waals surface area contributed by atoms with Crippen LogP contribution in [0.3, 0.4) is 0 Å². The van der Waals surface area contributed by atoms with Gasteiger partial charge >= 0.3 is 0 Å². The number of nitrogens with zero attached hydrogens (tertiary/aromatic N) is 3. The highest BCUT2D eigenvalue weighted by Crippen LogP contribution is 2.29. The van der Waals surface area contributed by atoms with Crippen LogP contribution in [0.1, 0.15) is 48.7 Å². The first kappa shape index (κ1) is 17.5. The summed E-state index contributed by atoms with van der Waals surface area (Å²) in [5.41, 5.74) is 2.67. The van der Waals surface area contributed by atoms with Crippen molar-refractivity contribution in [3.8, 4) is 0 Å². The van der Waals surface area contributed by atoms with Gasteiger partial charge in [-0.05, 0) is 50.5 Å². The molecule has 3 heterocycles. The summed E-state index contributed by atoms with van der Waals surface area (Å²) in [6, 6.07) is 13.1. The van der Waals surface area contributed by atoms with Gasteiger partial charge in [0.15, 0.2) is 0 Å². The van der Waals surface area contributed by atoms with Crippen LogP contribution in [0.5, 0.6) is 0 Å². The van der Waals surface area contributed by atoms with Gasteiger partial charge in [0.25, 0.3) is 0 Å². The highest BCUT2D eigenvalue weighted by atomic mass is 16.5. The van der Waals surface area contributed by atoms with E-state index in [1.54, 1.807) is 0 Å². The van der Waals surface area contributed by atoms with Crippen LogP contribution >= 0.6 is 0 Å². The van der Waals surface area contributed by atoms with Gasteiger partial charge in [-0.1, -0.05) is 30.3 Å². The molecule has 2 aromatic rings. The van der Waals surface area contributed by atoms with Crippen molar-refractivity contribution < 1.29 is 4.74 Å². The van der Waals surface area contributed by atoms with Gasteiger partial charge in [-0.3, -0.25) is 0 Å². The van der Waals surface area contributed by atoms with Gasteiger partial charge < -0.3 is 9.64 Å². The molecule has 2 saturated heterocycles. The van der Waals surface area contributed by atoms with E-state index in [0.29, 0.717) is 5.92 Å². The van der Waals surface area contributed by atoms with Crippen molar-refractivity contribution in [3.05, 3.63) is 53.5 Å². The predicted octanol–water partition coefficient (Wildman–Crippen LogP) is 4.14. The van der Waals surface area contributed by atoms with Crippen LogP contribution in [0.2, 0.25) is 0 Å². The molecule has 1 aromatic heterocycles. The van der Waals surface area contributed by atoms with Crippen molar-refractivity contribution >= 4 is 5.82 Å². The molecule has 2 aliphatic heterocycles. The second-order valence-electron chi connectivity index (χ2n) is 7.71. The number of piperidine rings is 1.